The van der Waals surface area contributed by atoms with E-state index in [1.165, 1.54) is 6.20 Å². The molecule has 8 nitrogen and oxygen atoms in total. The Bertz CT molecular complexity index is 1050. The average Bonchev–Trinajstić information content (AvgIpc) is 3.26. The zero-order valence-electron chi connectivity index (χ0n) is 15.1. The Morgan fingerprint density at radius 2 is 2.11 bits per heavy atom. The van der Waals surface area contributed by atoms with Crippen LogP contribution in [0.2, 0.25) is 0 Å². The minimum atomic E-state index is -1.08. The van der Waals surface area contributed by atoms with Gasteiger partial charge < -0.3 is 10.0 Å². The van der Waals surface area contributed by atoms with Crippen LogP contribution < -0.4 is 0 Å². The average molecular weight is 365 g/mol. The van der Waals surface area contributed by atoms with Gasteiger partial charge in [0.1, 0.15) is 0 Å². The van der Waals surface area contributed by atoms with Gasteiger partial charge in [-0.15, -0.1) is 0 Å². The first-order valence-electron chi connectivity index (χ1n) is 8.63. The SMILES string of the molecule is Cc1cccc(-c2[nH]ncc2C(=O)N2CCc3c(c(C(=O)O)nn3C)C2)c1. The fraction of sp³-hybridized carbons (Fsp3) is 0.263. The number of carbonyl (C=O) groups is 2. The molecule has 0 bridgehead atoms. The van der Waals surface area contributed by atoms with Gasteiger partial charge in [0.25, 0.3) is 5.91 Å². The molecule has 1 aliphatic rings. The molecule has 8 heteroatoms. The number of aromatic nitrogens is 4. The van der Waals surface area contributed by atoms with Crippen molar-refractivity contribution in [2.75, 3.05) is 6.54 Å². The van der Waals surface area contributed by atoms with Crippen LogP contribution in [0.15, 0.2) is 30.5 Å². The lowest BCUT2D eigenvalue weighted by atomic mass is 10.0. The quantitative estimate of drug-likeness (QED) is 0.739. The Morgan fingerprint density at radius 3 is 2.85 bits per heavy atom. The maximum absolute atomic E-state index is 13.1. The highest BCUT2D eigenvalue weighted by Crippen LogP contribution is 2.27. The fourth-order valence-corrected chi connectivity index (χ4v) is 3.58. The van der Waals surface area contributed by atoms with Gasteiger partial charge in [0.15, 0.2) is 5.69 Å². The summed E-state index contributed by atoms with van der Waals surface area (Å²) in [6.07, 6.45) is 2.09. The van der Waals surface area contributed by atoms with E-state index in [-0.39, 0.29) is 18.1 Å². The molecule has 0 fully saturated rings. The standard InChI is InChI=1S/C19H19N5O3/c1-11-4-3-5-12(8-11)16-13(9-20-21-16)18(25)24-7-6-15-14(10-24)17(19(26)27)22-23(15)2/h3-5,8-9H,6-7,10H2,1-2H3,(H,20,21)(H,26,27). The van der Waals surface area contributed by atoms with Crippen LogP contribution in [0.5, 0.6) is 0 Å². The van der Waals surface area contributed by atoms with Gasteiger partial charge >= 0.3 is 5.97 Å². The summed E-state index contributed by atoms with van der Waals surface area (Å²) in [7, 11) is 1.73. The van der Waals surface area contributed by atoms with Crippen molar-refractivity contribution < 1.29 is 14.7 Å². The minimum Gasteiger partial charge on any atom is -0.476 e. The largest absolute Gasteiger partial charge is 0.476 e. The summed E-state index contributed by atoms with van der Waals surface area (Å²) >= 11 is 0. The van der Waals surface area contributed by atoms with E-state index in [0.29, 0.717) is 29.8 Å². The van der Waals surface area contributed by atoms with Crippen LogP contribution in [-0.4, -0.2) is 48.4 Å². The van der Waals surface area contributed by atoms with Gasteiger partial charge in [0.2, 0.25) is 0 Å². The van der Waals surface area contributed by atoms with Crippen molar-refractivity contribution in [1.29, 1.82) is 0 Å². The molecule has 4 rings (SSSR count). The maximum Gasteiger partial charge on any atom is 0.356 e. The molecule has 0 aliphatic carbocycles. The molecule has 2 aromatic heterocycles. The second kappa shape index (κ2) is 6.39. The van der Waals surface area contributed by atoms with Crippen LogP contribution in [0.4, 0.5) is 0 Å². The van der Waals surface area contributed by atoms with E-state index in [9.17, 15) is 14.7 Å². The number of nitrogens with zero attached hydrogens (tertiary/aromatic N) is 4. The summed E-state index contributed by atoms with van der Waals surface area (Å²) in [5, 5.41) is 20.4. The highest BCUT2D eigenvalue weighted by molar-refractivity contribution is 6.00. The van der Waals surface area contributed by atoms with E-state index in [0.717, 1.165) is 16.8 Å². The zero-order chi connectivity index (χ0) is 19.1. The molecule has 0 saturated carbocycles. The summed E-state index contributed by atoms with van der Waals surface area (Å²) in [4.78, 5) is 26.3. The topological polar surface area (TPSA) is 104 Å². The van der Waals surface area contributed by atoms with Crippen LogP contribution in [0.25, 0.3) is 11.3 Å². The second-order valence-corrected chi connectivity index (χ2v) is 6.71. The number of aromatic amines is 1. The number of carbonyl (C=O) groups excluding carboxylic acids is 1. The first kappa shape index (κ1) is 17.0. The van der Waals surface area contributed by atoms with Crippen molar-refractivity contribution >= 4 is 11.9 Å². The number of hydrogen-bond donors (Lipinski definition) is 2. The molecule has 0 atom stereocenters. The molecule has 3 aromatic rings. The van der Waals surface area contributed by atoms with Crippen LogP contribution in [0.1, 0.15) is 37.7 Å². The number of amides is 1. The number of hydrogen-bond acceptors (Lipinski definition) is 4. The van der Waals surface area contributed by atoms with Crippen molar-refractivity contribution in [2.24, 2.45) is 7.05 Å². The van der Waals surface area contributed by atoms with Crippen molar-refractivity contribution in [2.45, 2.75) is 19.9 Å². The Hall–Kier alpha value is -3.42. The van der Waals surface area contributed by atoms with Gasteiger partial charge in [-0.25, -0.2) is 4.79 Å². The van der Waals surface area contributed by atoms with Crippen molar-refractivity contribution in [3.63, 3.8) is 0 Å². The number of aryl methyl sites for hydroxylation is 2. The monoisotopic (exact) mass is 365 g/mol. The Labute approximate surface area is 155 Å². The molecule has 0 radical (unpaired) electrons. The summed E-state index contributed by atoms with van der Waals surface area (Å²) in [5.41, 5.74) is 4.60. The number of carboxylic acids is 1. The predicted molar refractivity (Wildman–Crippen MR) is 97.4 cm³/mol. The smallest absolute Gasteiger partial charge is 0.356 e. The van der Waals surface area contributed by atoms with Crippen LogP contribution in [-0.2, 0) is 20.0 Å². The second-order valence-electron chi connectivity index (χ2n) is 6.71. The maximum atomic E-state index is 13.1. The number of carboxylic acid groups (broad SMARTS) is 1. The van der Waals surface area contributed by atoms with Crippen molar-refractivity contribution in [3.8, 4) is 11.3 Å². The summed E-state index contributed by atoms with van der Waals surface area (Å²) in [6.45, 7) is 2.72. The molecule has 3 heterocycles. The molecular formula is C19H19N5O3. The Balaban J connectivity index is 1.66. The molecule has 27 heavy (non-hydrogen) atoms. The van der Waals surface area contributed by atoms with Crippen LogP contribution >= 0.6 is 0 Å². The van der Waals surface area contributed by atoms with Gasteiger partial charge in [-0.3, -0.25) is 14.6 Å². The number of aromatic carboxylic acids is 1. The van der Waals surface area contributed by atoms with E-state index < -0.39 is 5.97 Å². The molecule has 1 aromatic carbocycles. The number of benzene rings is 1. The fourth-order valence-electron chi connectivity index (χ4n) is 3.58. The number of fused-ring (bicyclic) bond motifs is 1. The van der Waals surface area contributed by atoms with Gasteiger partial charge in [-0.2, -0.15) is 10.2 Å². The third-order valence-corrected chi connectivity index (χ3v) is 4.91. The summed E-state index contributed by atoms with van der Waals surface area (Å²) < 4.78 is 1.59. The van der Waals surface area contributed by atoms with E-state index in [1.807, 2.05) is 31.2 Å². The van der Waals surface area contributed by atoms with E-state index in [4.69, 9.17) is 0 Å². The molecule has 1 amide bonds. The summed E-state index contributed by atoms with van der Waals surface area (Å²) in [5.74, 6) is -1.25. The van der Waals surface area contributed by atoms with Crippen molar-refractivity contribution in [3.05, 3.63) is 58.5 Å². The normalized spacial score (nSPS) is 13.5. The summed E-state index contributed by atoms with van der Waals surface area (Å²) in [6, 6.07) is 7.84. The first-order valence-corrected chi connectivity index (χ1v) is 8.63. The number of H-pyrrole nitrogens is 1. The van der Waals surface area contributed by atoms with E-state index in [1.54, 1.807) is 16.6 Å². The lowest BCUT2D eigenvalue weighted by Crippen LogP contribution is -2.36. The number of nitrogens with one attached hydrogen (secondary N) is 1. The molecule has 0 saturated heterocycles. The van der Waals surface area contributed by atoms with Gasteiger partial charge in [0.05, 0.1) is 24.0 Å². The minimum absolute atomic E-state index is 0.0103. The lowest BCUT2D eigenvalue weighted by molar-refractivity contribution is 0.0674. The molecule has 0 spiro atoms. The molecule has 2 N–H and O–H groups in total. The van der Waals surface area contributed by atoms with E-state index >= 15 is 0 Å². The highest BCUT2D eigenvalue weighted by Gasteiger charge is 2.31. The predicted octanol–water partition coefficient (Wildman–Crippen LogP) is 2.02. The van der Waals surface area contributed by atoms with Crippen molar-refractivity contribution in [1.82, 2.24) is 24.9 Å². The van der Waals surface area contributed by atoms with E-state index in [2.05, 4.69) is 15.3 Å². The molecule has 1 aliphatic heterocycles. The zero-order valence-corrected chi connectivity index (χ0v) is 15.1. The van der Waals surface area contributed by atoms with Crippen LogP contribution in [0, 0.1) is 6.92 Å². The van der Waals surface area contributed by atoms with Crippen LogP contribution in [0.3, 0.4) is 0 Å². The lowest BCUT2D eigenvalue weighted by Gasteiger charge is -2.27. The Kier molecular flexibility index (Phi) is 4.02. The molecule has 0 unspecified atom stereocenters. The number of rotatable bonds is 3. The first-order chi connectivity index (χ1) is 13.0. The van der Waals surface area contributed by atoms with Gasteiger partial charge in [-0.1, -0.05) is 23.8 Å². The Morgan fingerprint density at radius 1 is 1.30 bits per heavy atom. The highest BCUT2D eigenvalue weighted by atomic mass is 16.4. The van der Waals surface area contributed by atoms with Gasteiger partial charge in [0, 0.05) is 36.8 Å². The third kappa shape index (κ3) is 2.88. The van der Waals surface area contributed by atoms with Gasteiger partial charge in [-0.05, 0) is 13.0 Å². The third-order valence-electron chi connectivity index (χ3n) is 4.91. The molecule has 138 valence electrons. The molecular weight excluding hydrogens is 346 g/mol.